The number of hydrogen-bond acceptors (Lipinski definition) is 7. The summed E-state index contributed by atoms with van der Waals surface area (Å²) in [4.78, 5) is 22.6. The highest BCUT2D eigenvalue weighted by Gasteiger charge is 2.40. The predicted molar refractivity (Wildman–Crippen MR) is 95.1 cm³/mol. The number of nitriles is 1. The Morgan fingerprint density at radius 3 is 2.46 bits per heavy atom. The summed E-state index contributed by atoms with van der Waals surface area (Å²) < 4.78 is 40.0. The van der Waals surface area contributed by atoms with Crippen LogP contribution >= 0.6 is 0 Å². The van der Waals surface area contributed by atoms with Gasteiger partial charge in [0.15, 0.2) is 6.19 Å². The Bertz CT molecular complexity index is 756. The number of nitrogens with one attached hydrogen (secondary N) is 1. The molecule has 1 atom stereocenters. The molecule has 3 heterocycles. The molecule has 1 amide bonds. The Labute approximate surface area is 160 Å². The molecule has 0 unspecified atom stereocenters. The van der Waals surface area contributed by atoms with E-state index in [4.69, 9.17) is 11.0 Å². The van der Waals surface area contributed by atoms with E-state index < -0.39 is 23.9 Å². The zero-order chi connectivity index (χ0) is 20.3. The number of carbonyl (C=O) groups is 1. The van der Waals surface area contributed by atoms with E-state index in [1.807, 2.05) is 10.2 Å². The Balaban J connectivity index is 1.85. The summed E-state index contributed by atoms with van der Waals surface area (Å²) in [6.07, 6.45) is -0.121. The van der Waals surface area contributed by atoms with Gasteiger partial charge in [-0.2, -0.15) is 18.4 Å². The van der Waals surface area contributed by atoms with Crippen LogP contribution in [0.25, 0.3) is 0 Å². The highest BCUT2D eigenvalue weighted by Crippen LogP contribution is 2.34. The summed E-state index contributed by atoms with van der Waals surface area (Å²) in [5.74, 6) is -1.06. The molecule has 0 spiro atoms. The van der Waals surface area contributed by atoms with Crippen LogP contribution in [0.4, 0.5) is 24.8 Å². The first-order chi connectivity index (χ1) is 13.3. The third kappa shape index (κ3) is 4.27. The molecule has 3 N–H and O–H groups in total. The Hall–Kier alpha value is -2.61. The Morgan fingerprint density at radius 1 is 1.25 bits per heavy atom. The maximum absolute atomic E-state index is 13.3. The maximum Gasteiger partial charge on any atom is 0.451 e. The van der Waals surface area contributed by atoms with Crippen molar-refractivity contribution in [2.45, 2.75) is 37.9 Å². The number of alkyl halides is 3. The van der Waals surface area contributed by atoms with Crippen molar-refractivity contribution in [3.8, 4) is 6.19 Å². The van der Waals surface area contributed by atoms with Crippen molar-refractivity contribution >= 4 is 17.5 Å². The molecular formula is C17H22F3N7O. The number of rotatable bonds is 5. The molecular weight excluding hydrogens is 375 g/mol. The fourth-order valence-electron chi connectivity index (χ4n) is 3.62. The third-order valence-electron chi connectivity index (χ3n) is 5.26. The monoisotopic (exact) mass is 397 g/mol. The molecule has 8 nitrogen and oxygen atoms in total. The number of nitrogens with zero attached hydrogens (tertiary/aromatic N) is 5. The van der Waals surface area contributed by atoms with Gasteiger partial charge in [0, 0.05) is 25.7 Å². The van der Waals surface area contributed by atoms with Crippen LogP contribution in [-0.4, -0.2) is 48.1 Å². The van der Waals surface area contributed by atoms with E-state index in [9.17, 15) is 18.0 Å². The molecule has 3 rings (SSSR count). The van der Waals surface area contributed by atoms with Gasteiger partial charge in [0.25, 0.3) is 5.91 Å². The summed E-state index contributed by atoms with van der Waals surface area (Å²) in [7, 11) is 0. The van der Waals surface area contributed by atoms with Gasteiger partial charge >= 0.3 is 6.18 Å². The molecule has 2 fully saturated rings. The second-order valence-corrected chi connectivity index (χ2v) is 7.01. The number of nitrogens with two attached hydrogens (primary N) is 1. The van der Waals surface area contributed by atoms with Crippen LogP contribution in [0.1, 0.15) is 31.5 Å². The van der Waals surface area contributed by atoms with Crippen molar-refractivity contribution in [1.29, 1.82) is 5.26 Å². The number of anilines is 2. The average molecular weight is 397 g/mol. The van der Waals surface area contributed by atoms with E-state index in [2.05, 4.69) is 9.97 Å². The van der Waals surface area contributed by atoms with E-state index in [0.717, 1.165) is 19.3 Å². The van der Waals surface area contributed by atoms with Crippen LogP contribution < -0.4 is 20.9 Å². The summed E-state index contributed by atoms with van der Waals surface area (Å²) >= 11 is 0. The molecule has 152 valence electrons. The smallest absolute Gasteiger partial charge is 0.356 e. The van der Waals surface area contributed by atoms with E-state index in [1.165, 1.54) is 11.0 Å². The quantitative estimate of drug-likeness (QED) is 0.568. The van der Waals surface area contributed by atoms with Gasteiger partial charge in [-0.05, 0) is 38.1 Å². The maximum atomic E-state index is 13.3. The molecule has 0 saturated carbocycles. The molecule has 0 bridgehead atoms. The topological polar surface area (TPSA) is 111 Å². The first-order valence-electron chi connectivity index (χ1n) is 9.20. The zero-order valence-corrected chi connectivity index (χ0v) is 15.2. The molecule has 0 aliphatic carbocycles. The van der Waals surface area contributed by atoms with Crippen LogP contribution in [0.2, 0.25) is 0 Å². The summed E-state index contributed by atoms with van der Waals surface area (Å²) in [6.45, 7) is 2.17. The van der Waals surface area contributed by atoms with Crippen molar-refractivity contribution < 1.29 is 18.0 Å². The SMILES string of the molecule is N#CNC(=O)[C@@H]1CCN1c1cc(N2CCC(CCN)CC2)nc(C(F)(F)F)n1. The molecule has 2 aliphatic rings. The van der Waals surface area contributed by atoms with Crippen molar-refractivity contribution in [2.24, 2.45) is 11.7 Å². The third-order valence-corrected chi connectivity index (χ3v) is 5.26. The lowest BCUT2D eigenvalue weighted by Gasteiger charge is -2.40. The minimum absolute atomic E-state index is 0.0470. The number of hydrogen-bond donors (Lipinski definition) is 2. The van der Waals surface area contributed by atoms with Crippen LogP contribution in [0, 0.1) is 17.4 Å². The normalized spacial score (nSPS) is 20.5. The summed E-state index contributed by atoms with van der Waals surface area (Å²) in [6, 6.07) is 0.781. The minimum atomic E-state index is -4.70. The number of carbonyl (C=O) groups excluding carboxylic acids is 1. The van der Waals surface area contributed by atoms with Gasteiger partial charge in [-0.15, -0.1) is 0 Å². The Morgan fingerprint density at radius 2 is 1.93 bits per heavy atom. The van der Waals surface area contributed by atoms with Crippen molar-refractivity contribution in [2.75, 3.05) is 36.0 Å². The molecule has 28 heavy (non-hydrogen) atoms. The molecule has 1 aromatic rings. The lowest BCUT2D eigenvalue weighted by molar-refractivity contribution is -0.144. The van der Waals surface area contributed by atoms with Gasteiger partial charge in [0.2, 0.25) is 5.82 Å². The van der Waals surface area contributed by atoms with E-state index in [-0.39, 0.29) is 11.6 Å². The molecule has 2 saturated heterocycles. The van der Waals surface area contributed by atoms with Gasteiger partial charge in [-0.3, -0.25) is 10.1 Å². The number of aromatic nitrogens is 2. The highest BCUT2D eigenvalue weighted by atomic mass is 19.4. The van der Waals surface area contributed by atoms with Gasteiger partial charge in [0.05, 0.1) is 0 Å². The van der Waals surface area contributed by atoms with Gasteiger partial charge < -0.3 is 15.5 Å². The number of piperidine rings is 1. The van der Waals surface area contributed by atoms with Crippen molar-refractivity contribution in [1.82, 2.24) is 15.3 Å². The van der Waals surface area contributed by atoms with Crippen LogP contribution in [0.3, 0.4) is 0 Å². The first kappa shape index (κ1) is 20.1. The van der Waals surface area contributed by atoms with E-state index >= 15 is 0 Å². The highest BCUT2D eigenvalue weighted by molar-refractivity contribution is 5.87. The molecule has 0 aromatic carbocycles. The lowest BCUT2D eigenvalue weighted by atomic mass is 9.93. The van der Waals surface area contributed by atoms with Crippen molar-refractivity contribution in [3.05, 3.63) is 11.9 Å². The van der Waals surface area contributed by atoms with Crippen LogP contribution in [-0.2, 0) is 11.0 Å². The fourth-order valence-corrected chi connectivity index (χ4v) is 3.62. The van der Waals surface area contributed by atoms with Crippen LogP contribution in [0.5, 0.6) is 0 Å². The number of amides is 1. The van der Waals surface area contributed by atoms with Gasteiger partial charge in [0.1, 0.15) is 17.7 Å². The second kappa shape index (κ2) is 8.18. The summed E-state index contributed by atoms with van der Waals surface area (Å²) in [5.41, 5.74) is 5.59. The average Bonchev–Trinajstić information content (AvgIpc) is 2.61. The van der Waals surface area contributed by atoms with Crippen LogP contribution in [0.15, 0.2) is 6.07 Å². The van der Waals surface area contributed by atoms with E-state index in [1.54, 1.807) is 6.19 Å². The number of halogens is 3. The molecule has 1 aromatic heterocycles. The van der Waals surface area contributed by atoms with Gasteiger partial charge in [-0.1, -0.05) is 0 Å². The predicted octanol–water partition coefficient (Wildman–Crippen LogP) is 1.24. The van der Waals surface area contributed by atoms with E-state index in [0.29, 0.717) is 38.5 Å². The lowest BCUT2D eigenvalue weighted by Crippen LogP contribution is -2.56. The first-order valence-corrected chi connectivity index (χ1v) is 9.20. The summed E-state index contributed by atoms with van der Waals surface area (Å²) in [5, 5.41) is 10.6. The minimum Gasteiger partial charge on any atom is -0.356 e. The second-order valence-electron chi connectivity index (χ2n) is 7.01. The molecule has 11 heteroatoms. The van der Waals surface area contributed by atoms with Crippen molar-refractivity contribution in [3.63, 3.8) is 0 Å². The largest absolute Gasteiger partial charge is 0.451 e. The standard InChI is InChI=1S/C17H22F3N7O/c18-17(19,20)16-24-13(26-6-2-11(1-5-21)3-7-26)9-14(25-16)27-8-4-12(27)15(28)23-10-22/h9,11-12H,1-8,21H2,(H,23,28)/t12-/m0/s1. The Kier molecular flexibility index (Phi) is 5.88. The van der Waals surface area contributed by atoms with Gasteiger partial charge in [-0.25, -0.2) is 9.97 Å². The fraction of sp³-hybridized carbons (Fsp3) is 0.647. The molecule has 2 aliphatic heterocycles. The zero-order valence-electron chi connectivity index (χ0n) is 15.2. The molecule has 0 radical (unpaired) electrons.